The van der Waals surface area contributed by atoms with Gasteiger partial charge >= 0.3 is 0 Å². The topological polar surface area (TPSA) is 80.5 Å². The minimum absolute atomic E-state index is 0.0178. The average Bonchev–Trinajstić information content (AvgIpc) is 2.70. The van der Waals surface area contributed by atoms with Gasteiger partial charge in [-0.2, -0.15) is 5.10 Å². The Kier molecular flexibility index (Phi) is 2.30. The molecule has 0 saturated carbocycles. The summed E-state index contributed by atoms with van der Waals surface area (Å²) >= 11 is 1.56. The van der Waals surface area contributed by atoms with Crippen molar-refractivity contribution in [3.8, 4) is 10.8 Å². The van der Waals surface area contributed by atoms with E-state index in [1.807, 2.05) is 13.8 Å². The van der Waals surface area contributed by atoms with Gasteiger partial charge in [0.1, 0.15) is 6.33 Å². The normalized spacial score (nSPS) is 13.1. The SMILES string of the molecule is Cc1nc(-c2ncn[nH]2)sc1C(C)N. The van der Waals surface area contributed by atoms with Gasteiger partial charge in [0, 0.05) is 10.9 Å². The quantitative estimate of drug-likeness (QED) is 0.780. The molecular formula is C8H11N5S. The van der Waals surface area contributed by atoms with E-state index >= 15 is 0 Å². The van der Waals surface area contributed by atoms with Gasteiger partial charge in [-0.1, -0.05) is 0 Å². The van der Waals surface area contributed by atoms with E-state index in [-0.39, 0.29) is 6.04 Å². The van der Waals surface area contributed by atoms with Crippen LogP contribution in [0.3, 0.4) is 0 Å². The van der Waals surface area contributed by atoms with Gasteiger partial charge in [-0.05, 0) is 13.8 Å². The van der Waals surface area contributed by atoms with E-state index in [0.717, 1.165) is 15.6 Å². The molecule has 0 bridgehead atoms. The monoisotopic (exact) mass is 209 g/mol. The van der Waals surface area contributed by atoms with Crippen molar-refractivity contribution >= 4 is 11.3 Å². The third kappa shape index (κ3) is 1.53. The fraction of sp³-hybridized carbons (Fsp3) is 0.375. The van der Waals surface area contributed by atoms with Crippen LogP contribution in [-0.2, 0) is 0 Å². The Hall–Kier alpha value is -1.27. The van der Waals surface area contributed by atoms with Gasteiger partial charge in [-0.3, -0.25) is 5.10 Å². The number of H-pyrrole nitrogens is 1. The molecule has 14 heavy (non-hydrogen) atoms. The third-order valence-electron chi connectivity index (χ3n) is 1.86. The molecule has 0 spiro atoms. The second-order valence-corrected chi connectivity index (χ2v) is 4.12. The number of aromatic nitrogens is 4. The standard InChI is InChI=1S/C8H11N5S/c1-4(9)6-5(2)12-8(14-6)7-10-3-11-13-7/h3-4H,9H2,1-2H3,(H,10,11,13). The highest BCUT2D eigenvalue weighted by atomic mass is 32.1. The predicted molar refractivity (Wildman–Crippen MR) is 54.8 cm³/mol. The first-order chi connectivity index (χ1) is 6.68. The smallest absolute Gasteiger partial charge is 0.184 e. The molecule has 0 aliphatic rings. The summed E-state index contributed by atoms with van der Waals surface area (Å²) in [5, 5.41) is 7.40. The maximum atomic E-state index is 5.81. The Labute approximate surface area is 85.4 Å². The first-order valence-electron chi connectivity index (χ1n) is 4.27. The predicted octanol–water partition coefficient (Wildman–Crippen LogP) is 1.26. The lowest BCUT2D eigenvalue weighted by Gasteiger charge is -1.99. The molecule has 74 valence electrons. The highest BCUT2D eigenvalue weighted by Gasteiger charge is 2.13. The lowest BCUT2D eigenvalue weighted by Crippen LogP contribution is -2.03. The molecule has 2 aromatic rings. The number of nitrogens with zero attached hydrogens (tertiary/aromatic N) is 3. The lowest BCUT2D eigenvalue weighted by molar-refractivity contribution is 0.825. The van der Waals surface area contributed by atoms with Crippen molar-refractivity contribution < 1.29 is 0 Å². The molecule has 1 atom stereocenters. The highest BCUT2D eigenvalue weighted by Crippen LogP contribution is 2.28. The molecule has 1 unspecified atom stereocenters. The number of nitrogens with one attached hydrogen (secondary N) is 1. The van der Waals surface area contributed by atoms with E-state index < -0.39 is 0 Å². The van der Waals surface area contributed by atoms with Crippen molar-refractivity contribution in [1.82, 2.24) is 20.2 Å². The molecule has 0 aromatic carbocycles. The van der Waals surface area contributed by atoms with Crippen LogP contribution in [-0.4, -0.2) is 20.2 Å². The van der Waals surface area contributed by atoms with E-state index in [1.165, 1.54) is 6.33 Å². The average molecular weight is 209 g/mol. The van der Waals surface area contributed by atoms with Crippen molar-refractivity contribution in [2.75, 3.05) is 0 Å². The Bertz CT molecular complexity index is 417. The molecule has 3 N–H and O–H groups in total. The van der Waals surface area contributed by atoms with Crippen molar-refractivity contribution in [2.24, 2.45) is 5.73 Å². The van der Waals surface area contributed by atoms with Crippen molar-refractivity contribution in [3.63, 3.8) is 0 Å². The Morgan fingerprint density at radius 3 is 2.86 bits per heavy atom. The number of thiazole rings is 1. The maximum Gasteiger partial charge on any atom is 0.184 e. The van der Waals surface area contributed by atoms with Crippen LogP contribution in [0.5, 0.6) is 0 Å². The van der Waals surface area contributed by atoms with Crippen LogP contribution >= 0.6 is 11.3 Å². The Morgan fingerprint density at radius 1 is 1.57 bits per heavy atom. The summed E-state index contributed by atoms with van der Waals surface area (Å²) in [6, 6.07) is 0.0178. The second kappa shape index (κ2) is 3.47. The zero-order valence-corrected chi connectivity index (χ0v) is 8.80. The first-order valence-corrected chi connectivity index (χ1v) is 5.08. The van der Waals surface area contributed by atoms with Crippen LogP contribution < -0.4 is 5.73 Å². The van der Waals surface area contributed by atoms with Gasteiger partial charge in [-0.15, -0.1) is 11.3 Å². The van der Waals surface area contributed by atoms with Crippen LogP contribution in [0.25, 0.3) is 10.8 Å². The zero-order chi connectivity index (χ0) is 10.1. The van der Waals surface area contributed by atoms with Gasteiger partial charge < -0.3 is 5.73 Å². The second-order valence-electron chi connectivity index (χ2n) is 3.09. The number of aromatic amines is 1. The van der Waals surface area contributed by atoms with E-state index in [9.17, 15) is 0 Å². The van der Waals surface area contributed by atoms with Gasteiger partial charge in [0.15, 0.2) is 10.8 Å². The summed E-state index contributed by atoms with van der Waals surface area (Å²) in [5.41, 5.74) is 6.77. The van der Waals surface area contributed by atoms with E-state index in [4.69, 9.17) is 5.73 Å². The summed E-state index contributed by atoms with van der Waals surface area (Å²) < 4.78 is 0. The van der Waals surface area contributed by atoms with Crippen LogP contribution in [0.2, 0.25) is 0 Å². The number of rotatable bonds is 2. The molecule has 0 saturated heterocycles. The minimum Gasteiger partial charge on any atom is -0.323 e. The number of hydrogen-bond donors (Lipinski definition) is 2. The highest BCUT2D eigenvalue weighted by molar-refractivity contribution is 7.15. The summed E-state index contributed by atoms with van der Waals surface area (Å²) in [7, 11) is 0. The van der Waals surface area contributed by atoms with Gasteiger partial charge in [0.2, 0.25) is 0 Å². The van der Waals surface area contributed by atoms with Crippen LogP contribution in [0, 0.1) is 6.92 Å². The van der Waals surface area contributed by atoms with Crippen molar-refractivity contribution in [2.45, 2.75) is 19.9 Å². The molecule has 0 radical (unpaired) electrons. The molecular weight excluding hydrogens is 198 g/mol. The van der Waals surface area contributed by atoms with Crippen LogP contribution in [0.1, 0.15) is 23.5 Å². The third-order valence-corrected chi connectivity index (χ3v) is 3.23. The lowest BCUT2D eigenvalue weighted by atomic mass is 10.2. The summed E-state index contributed by atoms with van der Waals surface area (Å²) in [6.45, 7) is 3.90. The van der Waals surface area contributed by atoms with E-state index in [1.54, 1.807) is 11.3 Å². The molecule has 2 aromatic heterocycles. The Balaban J connectivity index is 2.43. The van der Waals surface area contributed by atoms with Crippen molar-refractivity contribution in [1.29, 1.82) is 0 Å². The van der Waals surface area contributed by atoms with Crippen LogP contribution in [0.4, 0.5) is 0 Å². The van der Waals surface area contributed by atoms with E-state index in [2.05, 4.69) is 20.2 Å². The first kappa shape index (κ1) is 9.29. The summed E-state index contributed by atoms with van der Waals surface area (Å²) in [6.07, 6.45) is 1.47. The fourth-order valence-electron chi connectivity index (χ4n) is 1.24. The minimum atomic E-state index is 0.0178. The zero-order valence-electron chi connectivity index (χ0n) is 7.98. The molecule has 0 amide bonds. The van der Waals surface area contributed by atoms with Crippen molar-refractivity contribution in [3.05, 3.63) is 16.9 Å². The Morgan fingerprint density at radius 2 is 2.36 bits per heavy atom. The summed E-state index contributed by atoms with van der Waals surface area (Å²) in [4.78, 5) is 9.51. The molecule has 5 nitrogen and oxygen atoms in total. The molecule has 2 heterocycles. The maximum absolute atomic E-state index is 5.81. The molecule has 0 aliphatic carbocycles. The van der Waals surface area contributed by atoms with Gasteiger partial charge in [0.05, 0.1) is 5.69 Å². The van der Waals surface area contributed by atoms with Crippen LogP contribution in [0.15, 0.2) is 6.33 Å². The van der Waals surface area contributed by atoms with E-state index in [0.29, 0.717) is 5.82 Å². The van der Waals surface area contributed by atoms with Gasteiger partial charge in [-0.25, -0.2) is 9.97 Å². The molecule has 0 aliphatic heterocycles. The number of aryl methyl sites for hydroxylation is 1. The summed E-state index contributed by atoms with van der Waals surface area (Å²) in [5.74, 6) is 0.699. The molecule has 6 heteroatoms. The number of nitrogens with two attached hydrogens (primary N) is 1. The van der Waals surface area contributed by atoms with Gasteiger partial charge in [0.25, 0.3) is 0 Å². The molecule has 2 rings (SSSR count). The largest absolute Gasteiger partial charge is 0.323 e. The fourth-order valence-corrected chi connectivity index (χ4v) is 2.21. The number of hydrogen-bond acceptors (Lipinski definition) is 5. The molecule has 0 fully saturated rings.